The van der Waals surface area contributed by atoms with E-state index in [1.165, 1.54) is 38.6 Å². The van der Waals surface area contributed by atoms with Gasteiger partial charge in [-0.25, -0.2) is 4.39 Å². The number of methoxy groups -OCH3 is 2. The molecule has 0 aliphatic heterocycles. The molecule has 0 aliphatic rings. The second-order valence-corrected chi connectivity index (χ2v) is 4.42. The summed E-state index contributed by atoms with van der Waals surface area (Å²) in [4.78, 5) is 12.1. The van der Waals surface area contributed by atoms with Gasteiger partial charge in [0.15, 0.2) is 17.3 Å². The Hall–Kier alpha value is -2.82. The fraction of sp³-hybridized carbons (Fsp3) is 0.118. The van der Waals surface area contributed by atoms with Crippen molar-refractivity contribution in [2.75, 3.05) is 19.5 Å². The highest BCUT2D eigenvalue weighted by Gasteiger charge is 2.08. The van der Waals surface area contributed by atoms with Crippen molar-refractivity contribution in [3.63, 3.8) is 0 Å². The third-order valence-corrected chi connectivity index (χ3v) is 2.98. The van der Waals surface area contributed by atoms with Gasteiger partial charge in [-0.1, -0.05) is 6.07 Å². The number of carbonyl (C=O) groups excluding carboxylic acids is 1. The molecule has 0 saturated carbocycles. The Morgan fingerprint density at radius 2 is 1.86 bits per heavy atom. The average molecular weight is 301 g/mol. The van der Waals surface area contributed by atoms with Gasteiger partial charge in [0.1, 0.15) is 5.82 Å². The minimum Gasteiger partial charge on any atom is -0.493 e. The maximum atomic E-state index is 13.0. The van der Waals surface area contributed by atoms with Gasteiger partial charge in [-0.15, -0.1) is 0 Å². The summed E-state index contributed by atoms with van der Waals surface area (Å²) in [6.07, 6.45) is 2.83. The first kappa shape index (κ1) is 15.6. The van der Waals surface area contributed by atoms with E-state index in [9.17, 15) is 9.18 Å². The first-order valence-corrected chi connectivity index (χ1v) is 6.59. The monoisotopic (exact) mass is 301 g/mol. The van der Waals surface area contributed by atoms with Crippen molar-refractivity contribution in [3.05, 3.63) is 66.1 Å². The van der Waals surface area contributed by atoms with Crippen LogP contribution in [0.15, 0.2) is 54.7 Å². The van der Waals surface area contributed by atoms with E-state index < -0.39 is 0 Å². The normalized spacial score (nSPS) is 10.5. The molecule has 0 atom stereocenters. The van der Waals surface area contributed by atoms with Gasteiger partial charge in [0.25, 0.3) is 0 Å². The number of ketones is 1. The number of ether oxygens (including phenoxy) is 2. The van der Waals surface area contributed by atoms with Crippen molar-refractivity contribution in [2.24, 2.45) is 0 Å². The zero-order chi connectivity index (χ0) is 15.9. The van der Waals surface area contributed by atoms with E-state index in [0.717, 1.165) is 0 Å². The van der Waals surface area contributed by atoms with E-state index in [2.05, 4.69) is 5.32 Å². The van der Waals surface area contributed by atoms with Crippen LogP contribution in [0.25, 0.3) is 0 Å². The standard InChI is InChI=1S/C17H16FNO3/c1-21-16-7-6-12(10-17(16)22-2)15(20)8-9-19-14-5-3-4-13(18)11-14/h3-11,19H,1-2H3. The molecule has 0 saturated heterocycles. The zero-order valence-corrected chi connectivity index (χ0v) is 12.3. The number of halogens is 1. The summed E-state index contributed by atoms with van der Waals surface area (Å²) in [7, 11) is 3.04. The maximum absolute atomic E-state index is 13.0. The smallest absolute Gasteiger partial charge is 0.187 e. The summed E-state index contributed by atoms with van der Waals surface area (Å²) in [6, 6.07) is 10.9. The van der Waals surface area contributed by atoms with E-state index in [1.54, 1.807) is 30.3 Å². The number of allylic oxidation sites excluding steroid dienone is 1. The van der Waals surface area contributed by atoms with Crippen LogP contribution >= 0.6 is 0 Å². The van der Waals surface area contributed by atoms with Crippen molar-refractivity contribution in [1.82, 2.24) is 0 Å². The van der Waals surface area contributed by atoms with Crippen LogP contribution in [0.5, 0.6) is 11.5 Å². The zero-order valence-electron chi connectivity index (χ0n) is 12.3. The number of benzene rings is 2. The molecule has 0 spiro atoms. The minimum atomic E-state index is -0.343. The lowest BCUT2D eigenvalue weighted by molar-refractivity contribution is 0.104. The minimum absolute atomic E-state index is 0.204. The van der Waals surface area contributed by atoms with Crippen molar-refractivity contribution in [3.8, 4) is 11.5 Å². The molecule has 114 valence electrons. The lowest BCUT2D eigenvalue weighted by Gasteiger charge is -2.08. The molecule has 4 nitrogen and oxygen atoms in total. The highest BCUT2D eigenvalue weighted by atomic mass is 19.1. The number of carbonyl (C=O) groups is 1. The Morgan fingerprint density at radius 3 is 2.55 bits per heavy atom. The molecule has 0 aromatic heterocycles. The van der Waals surface area contributed by atoms with Crippen molar-refractivity contribution < 1.29 is 18.7 Å². The summed E-state index contributed by atoms with van der Waals surface area (Å²) in [5, 5.41) is 2.84. The van der Waals surface area contributed by atoms with Crippen LogP contribution in [0.3, 0.4) is 0 Å². The lowest BCUT2D eigenvalue weighted by Crippen LogP contribution is -1.98. The molecule has 0 amide bonds. The maximum Gasteiger partial charge on any atom is 0.187 e. The summed E-state index contributed by atoms with van der Waals surface area (Å²) in [5.41, 5.74) is 1.03. The van der Waals surface area contributed by atoms with E-state index in [-0.39, 0.29) is 11.6 Å². The molecule has 0 bridgehead atoms. The number of rotatable bonds is 6. The molecule has 22 heavy (non-hydrogen) atoms. The highest BCUT2D eigenvalue weighted by Crippen LogP contribution is 2.27. The van der Waals surface area contributed by atoms with Crippen LogP contribution in [0.1, 0.15) is 10.4 Å². The molecule has 0 radical (unpaired) electrons. The molecular weight excluding hydrogens is 285 g/mol. The first-order valence-electron chi connectivity index (χ1n) is 6.59. The number of anilines is 1. The summed E-state index contributed by atoms with van der Waals surface area (Å²) >= 11 is 0. The quantitative estimate of drug-likeness (QED) is 0.653. The van der Waals surface area contributed by atoms with Crippen LogP contribution in [-0.4, -0.2) is 20.0 Å². The van der Waals surface area contributed by atoms with E-state index >= 15 is 0 Å². The predicted molar refractivity (Wildman–Crippen MR) is 83.0 cm³/mol. The fourth-order valence-electron chi connectivity index (χ4n) is 1.88. The van der Waals surface area contributed by atoms with E-state index in [4.69, 9.17) is 9.47 Å². The largest absolute Gasteiger partial charge is 0.493 e. The van der Waals surface area contributed by atoms with Gasteiger partial charge in [-0.3, -0.25) is 4.79 Å². The van der Waals surface area contributed by atoms with Crippen LogP contribution in [0.2, 0.25) is 0 Å². The third-order valence-electron chi connectivity index (χ3n) is 2.98. The van der Waals surface area contributed by atoms with E-state index in [0.29, 0.717) is 22.7 Å². The SMILES string of the molecule is COc1ccc(C(=O)C=CNc2cccc(F)c2)cc1OC. The van der Waals surface area contributed by atoms with Gasteiger partial charge in [0, 0.05) is 23.5 Å². The molecule has 1 N–H and O–H groups in total. The molecule has 0 heterocycles. The Morgan fingerprint density at radius 1 is 1.09 bits per heavy atom. The molecule has 2 aromatic carbocycles. The lowest BCUT2D eigenvalue weighted by atomic mass is 10.1. The summed E-state index contributed by atoms with van der Waals surface area (Å²) in [5.74, 6) is 0.496. The van der Waals surface area contributed by atoms with Gasteiger partial charge < -0.3 is 14.8 Å². The number of nitrogens with one attached hydrogen (secondary N) is 1. The molecule has 2 aromatic rings. The fourth-order valence-corrected chi connectivity index (χ4v) is 1.88. The highest BCUT2D eigenvalue weighted by molar-refractivity contribution is 6.05. The van der Waals surface area contributed by atoms with Crippen molar-refractivity contribution in [1.29, 1.82) is 0 Å². The topological polar surface area (TPSA) is 47.6 Å². The molecule has 0 fully saturated rings. The molecule has 5 heteroatoms. The third kappa shape index (κ3) is 3.85. The van der Waals surface area contributed by atoms with Crippen LogP contribution in [0.4, 0.5) is 10.1 Å². The molecular formula is C17H16FNO3. The average Bonchev–Trinajstić information content (AvgIpc) is 2.54. The van der Waals surface area contributed by atoms with Gasteiger partial charge in [-0.05, 0) is 36.4 Å². The Kier molecular flexibility index (Phi) is 5.14. The summed E-state index contributed by atoms with van der Waals surface area (Å²) < 4.78 is 23.3. The Bertz CT molecular complexity index is 698. The predicted octanol–water partition coefficient (Wildman–Crippen LogP) is 3.65. The van der Waals surface area contributed by atoms with Crippen LogP contribution < -0.4 is 14.8 Å². The van der Waals surface area contributed by atoms with Crippen molar-refractivity contribution >= 4 is 11.5 Å². The van der Waals surface area contributed by atoms with Gasteiger partial charge in [0.2, 0.25) is 0 Å². The Balaban J connectivity index is 2.07. The van der Waals surface area contributed by atoms with Crippen molar-refractivity contribution in [2.45, 2.75) is 0 Å². The van der Waals surface area contributed by atoms with Gasteiger partial charge in [0.05, 0.1) is 14.2 Å². The summed E-state index contributed by atoms with van der Waals surface area (Å²) in [6.45, 7) is 0. The second-order valence-electron chi connectivity index (χ2n) is 4.42. The number of hydrogen-bond donors (Lipinski definition) is 1. The molecule has 0 unspecified atom stereocenters. The van der Waals surface area contributed by atoms with Gasteiger partial charge in [-0.2, -0.15) is 0 Å². The molecule has 0 aliphatic carbocycles. The second kappa shape index (κ2) is 7.26. The van der Waals surface area contributed by atoms with Crippen LogP contribution in [0, 0.1) is 5.82 Å². The van der Waals surface area contributed by atoms with Crippen LogP contribution in [-0.2, 0) is 0 Å². The molecule has 2 rings (SSSR count). The Labute approximate surface area is 128 Å². The van der Waals surface area contributed by atoms with Gasteiger partial charge >= 0.3 is 0 Å². The first-order chi connectivity index (χ1) is 10.6. The van der Waals surface area contributed by atoms with E-state index in [1.807, 2.05) is 0 Å². The number of hydrogen-bond acceptors (Lipinski definition) is 4.